The number of amides is 2. The minimum Gasteiger partial charge on any atom is -0.340 e. The number of nitrogens with zero attached hydrogens (tertiary/aromatic N) is 2. The number of piperazine rings is 1. The maximum atomic E-state index is 12.8. The van der Waals surface area contributed by atoms with Crippen LogP contribution in [0.25, 0.3) is 0 Å². The van der Waals surface area contributed by atoms with Crippen molar-refractivity contribution in [2.75, 3.05) is 0 Å². The van der Waals surface area contributed by atoms with E-state index in [0.29, 0.717) is 6.54 Å². The van der Waals surface area contributed by atoms with Crippen molar-refractivity contribution in [1.29, 1.82) is 0 Å². The minimum absolute atomic E-state index is 0.0277. The average molecular weight is 293 g/mol. The second kappa shape index (κ2) is 4.55. The lowest BCUT2D eigenvalue weighted by molar-refractivity contribution is -0.155. The van der Waals surface area contributed by atoms with Gasteiger partial charge in [-0.05, 0) is 39.5 Å². The van der Waals surface area contributed by atoms with Gasteiger partial charge in [-0.1, -0.05) is 0 Å². The molecule has 2 fully saturated rings. The molecule has 1 aliphatic carbocycles. The van der Waals surface area contributed by atoms with Crippen LogP contribution in [0.2, 0.25) is 0 Å². The summed E-state index contributed by atoms with van der Waals surface area (Å²) in [6.07, 6.45) is 2.03. The Morgan fingerprint density at radius 1 is 1.50 bits per heavy atom. The Hall–Kier alpha value is -1.43. The fraction of sp³-hybridized carbons (Fsp3) is 0.643. The lowest BCUT2D eigenvalue weighted by Gasteiger charge is -2.43. The highest BCUT2D eigenvalue weighted by Crippen LogP contribution is 2.42. The first-order valence-corrected chi connectivity index (χ1v) is 7.84. The second-order valence-electron chi connectivity index (χ2n) is 5.96. The molecule has 108 valence electrons. The summed E-state index contributed by atoms with van der Waals surface area (Å²) in [4.78, 5) is 31.0. The van der Waals surface area contributed by atoms with E-state index in [1.54, 1.807) is 11.8 Å². The van der Waals surface area contributed by atoms with Crippen LogP contribution in [0.3, 0.4) is 0 Å². The number of carbonyl (C=O) groups excluding carboxylic acids is 2. The van der Waals surface area contributed by atoms with Crippen LogP contribution in [0.4, 0.5) is 0 Å². The first kappa shape index (κ1) is 13.5. The van der Waals surface area contributed by atoms with Crippen molar-refractivity contribution in [3.8, 4) is 0 Å². The highest BCUT2D eigenvalue weighted by molar-refractivity contribution is 7.09. The van der Waals surface area contributed by atoms with Crippen LogP contribution in [-0.4, -0.2) is 33.3 Å². The number of aryl methyl sites for hydroxylation is 1. The molecule has 20 heavy (non-hydrogen) atoms. The van der Waals surface area contributed by atoms with Crippen LogP contribution in [0.15, 0.2) is 5.38 Å². The predicted molar refractivity (Wildman–Crippen MR) is 76.1 cm³/mol. The van der Waals surface area contributed by atoms with Crippen LogP contribution in [-0.2, 0) is 16.1 Å². The average Bonchev–Trinajstić information content (AvgIpc) is 3.17. The van der Waals surface area contributed by atoms with Crippen molar-refractivity contribution in [2.24, 2.45) is 5.92 Å². The molecule has 0 bridgehead atoms. The van der Waals surface area contributed by atoms with Gasteiger partial charge in [-0.2, -0.15) is 0 Å². The third-order valence-corrected chi connectivity index (χ3v) is 5.25. The summed E-state index contributed by atoms with van der Waals surface area (Å²) < 4.78 is 0. The highest BCUT2D eigenvalue weighted by atomic mass is 32.1. The molecule has 5 nitrogen and oxygen atoms in total. The standard InChI is InChI=1S/C14H19N3O2S/c1-8-7-20-11(15-8)6-17-9(2)12(18)16-14(3,13(17)19)10-4-5-10/h7,9-10H,4-6H2,1-3H3,(H,16,18). The zero-order valence-corrected chi connectivity index (χ0v) is 12.8. The van der Waals surface area contributed by atoms with Gasteiger partial charge in [0.25, 0.3) is 0 Å². The Morgan fingerprint density at radius 3 is 2.75 bits per heavy atom. The number of hydrogen-bond donors (Lipinski definition) is 1. The van der Waals surface area contributed by atoms with Gasteiger partial charge in [0, 0.05) is 11.1 Å². The quantitative estimate of drug-likeness (QED) is 0.918. The van der Waals surface area contributed by atoms with Crippen molar-refractivity contribution in [3.63, 3.8) is 0 Å². The van der Waals surface area contributed by atoms with E-state index in [9.17, 15) is 9.59 Å². The van der Waals surface area contributed by atoms with Crippen LogP contribution >= 0.6 is 11.3 Å². The smallest absolute Gasteiger partial charge is 0.249 e. The van der Waals surface area contributed by atoms with Crippen LogP contribution in [0.1, 0.15) is 37.4 Å². The minimum atomic E-state index is -0.726. The van der Waals surface area contributed by atoms with Crippen molar-refractivity contribution < 1.29 is 9.59 Å². The molecule has 2 heterocycles. The van der Waals surface area contributed by atoms with E-state index in [4.69, 9.17) is 0 Å². The Labute approximate surface area is 122 Å². The number of hydrogen-bond acceptors (Lipinski definition) is 4. The molecule has 1 saturated heterocycles. The van der Waals surface area contributed by atoms with Gasteiger partial charge in [0.05, 0.1) is 6.54 Å². The lowest BCUT2D eigenvalue weighted by atomic mass is 9.90. The molecule has 1 aromatic rings. The van der Waals surface area contributed by atoms with Gasteiger partial charge < -0.3 is 10.2 Å². The van der Waals surface area contributed by atoms with E-state index in [1.807, 2.05) is 19.2 Å². The molecule has 0 spiro atoms. The molecule has 3 rings (SSSR count). The molecule has 2 amide bonds. The molecule has 0 radical (unpaired) electrons. The number of carbonyl (C=O) groups is 2. The number of thiazole rings is 1. The Balaban J connectivity index is 1.86. The Bertz CT molecular complexity index is 567. The van der Waals surface area contributed by atoms with E-state index in [-0.39, 0.29) is 17.7 Å². The summed E-state index contributed by atoms with van der Waals surface area (Å²) in [6.45, 7) is 5.99. The van der Waals surface area contributed by atoms with Gasteiger partial charge in [0.1, 0.15) is 16.6 Å². The van der Waals surface area contributed by atoms with E-state index >= 15 is 0 Å². The van der Waals surface area contributed by atoms with E-state index in [1.165, 1.54) is 11.3 Å². The lowest BCUT2D eigenvalue weighted by Crippen LogP contribution is -2.69. The third kappa shape index (κ3) is 2.12. The van der Waals surface area contributed by atoms with Crippen molar-refractivity contribution >= 4 is 23.2 Å². The van der Waals surface area contributed by atoms with Gasteiger partial charge in [-0.25, -0.2) is 4.98 Å². The van der Waals surface area contributed by atoms with E-state index in [2.05, 4.69) is 10.3 Å². The predicted octanol–water partition coefficient (Wildman–Crippen LogP) is 1.47. The van der Waals surface area contributed by atoms with Gasteiger partial charge in [0.15, 0.2) is 0 Å². The Morgan fingerprint density at radius 2 is 2.20 bits per heavy atom. The number of aromatic nitrogens is 1. The van der Waals surface area contributed by atoms with Gasteiger partial charge in [-0.15, -0.1) is 11.3 Å². The topological polar surface area (TPSA) is 62.3 Å². The zero-order chi connectivity index (χ0) is 14.5. The summed E-state index contributed by atoms with van der Waals surface area (Å²) in [7, 11) is 0. The molecular formula is C14H19N3O2S. The van der Waals surface area contributed by atoms with Gasteiger partial charge in [-0.3, -0.25) is 9.59 Å². The molecule has 6 heteroatoms. The molecule has 1 aliphatic heterocycles. The first-order chi connectivity index (χ1) is 9.41. The molecule has 1 saturated carbocycles. The third-order valence-electron chi connectivity index (χ3n) is 4.30. The zero-order valence-electron chi connectivity index (χ0n) is 12.0. The molecular weight excluding hydrogens is 274 g/mol. The number of nitrogens with one attached hydrogen (secondary N) is 1. The maximum absolute atomic E-state index is 12.8. The van der Waals surface area contributed by atoms with Crippen LogP contribution in [0, 0.1) is 12.8 Å². The summed E-state index contributed by atoms with van der Waals surface area (Å²) in [5.41, 5.74) is 0.229. The maximum Gasteiger partial charge on any atom is 0.249 e. The highest BCUT2D eigenvalue weighted by Gasteiger charge is 2.54. The van der Waals surface area contributed by atoms with E-state index < -0.39 is 11.6 Å². The Kier molecular flexibility index (Phi) is 3.08. The van der Waals surface area contributed by atoms with Crippen LogP contribution < -0.4 is 5.32 Å². The summed E-state index contributed by atoms with van der Waals surface area (Å²) >= 11 is 1.54. The monoisotopic (exact) mass is 293 g/mol. The molecule has 2 aliphatic rings. The summed E-state index contributed by atoms with van der Waals surface area (Å²) in [6, 6.07) is -0.432. The van der Waals surface area contributed by atoms with Crippen molar-refractivity contribution in [2.45, 2.75) is 51.7 Å². The molecule has 0 aromatic carbocycles. The molecule has 1 aromatic heterocycles. The van der Waals surface area contributed by atoms with Crippen molar-refractivity contribution in [3.05, 3.63) is 16.1 Å². The van der Waals surface area contributed by atoms with E-state index in [0.717, 1.165) is 23.5 Å². The summed E-state index contributed by atoms with van der Waals surface area (Å²) in [5.74, 6) is 0.249. The molecule has 1 N–H and O–H groups in total. The normalized spacial score (nSPS) is 30.6. The van der Waals surface area contributed by atoms with Gasteiger partial charge >= 0.3 is 0 Å². The summed E-state index contributed by atoms with van der Waals surface area (Å²) in [5, 5.41) is 5.78. The molecule has 2 unspecified atom stereocenters. The van der Waals surface area contributed by atoms with Crippen molar-refractivity contribution in [1.82, 2.24) is 15.2 Å². The second-order valence-corrected chi connectivity index (χ2v) is 6.90. The largest absolute Gasteiger partial charge is 0.340 e. The fourth-order valence-electron chi connectivity index (χ4n) is 2.80. The molecule has 2 atom stereocenters. The fourth-order valence-corrected chi connectivity index (χ4v) is 3.57. The first-order valence-electron chi connectivity index (χ1n) is 6.96. The van der Waals surface area contributed by atoms with Crippen LogP contribution in [0.5, 0.6) is 0 Å². The number of rotatable bonds is 3. The SMILES string of the molecule is Cc1csc(CN2C(=O)C(C)(C3CC3)NC(=O)C2C)n1. The van der Waals surface area contributed by atoms with Gasteiger partial charge in [0.2, 0.25) is 11.8 Å².